The highest BCUT2D eigenvalue weighted by Gasteiger charge is 2.17. The van der Waals surface area contributed by atoms with E-state index in [0.717, 1.165) is 12.0 Å². The van der Waals surface area contributed by atoms with E-state index in [1.54, 1.807) is 12.1 Å². The first kappa shape index (κ1) is 25.2. The Morgan fingerprint density at radius 3 is 2.41 bits per heavy atom. The maximum atomic E-state index is 12.7. The molecule has 0 saturated carbocycles. The van der Waals surface area contributed by atoms with Crippen molar-refractivity contribution in [3.8, 4) is 0 Å². The molecule has 0 aliphatic heterocycles. The third-order valence-electron chi connectivity index (χ3n) is 4.50. The number of allylic oxidation sites excluding steroid dienone is 1. The van der Waals surface area contributed by atoms with Crippen LogP contribution in [0.1, 0.15) is 80.6 Å². The number of carboxylic acids is 1. The topological polar surface area (TPSA) is 66.8 Å². The smallest absolute Gasteiger partial charge is 0.303 e. The molecule has 0 unspecified atom stereocenters. The number of thioether (sulfide) groups is 1. The molecular formula is C23H35NO4S. The van der Waals surface area contributed by atoms with Crippen LogP contribution in [0.2, 0.25) is 0 Å². The summed E-state index contributed by atoms with van der Waals surface area (Å²) in [6.45, 7) is 2.49. The molecule has 1 aromatic carbocycles. The van der Waals surface area contributed by atoms with Gasteiger partial charge in [-0.15, -0.1) is 11.8 Å². The van der Waals surface area contributed by atoms with Crippen LogP contribution in [0.4, 0.5) is 0 Å². The van der Waals surface area contributed by atoms with Crippen molar-refractivity contribution in [1.82, 2.24) is 5.06 Å². The van der Waals surface area contributed by atoms with Crippen LogP contribution in [0.3, 0.4) is 0 Å². The molecule has 0 radical (unpaired) electrons. The quantitative estimate of drug-likeness (QED) is 0.201. The molecule has 0 spiro atoms. The van der Waals surface area contributed by atoms with Crippen LogP contribution in [0.25, 0.3) is 6.08 Å². The van der Waals surface area contributed by atoms with Gasteiger partial charge < -0.3 is 5.11 Å². The molecule has 29 heavy (non-hydrogen) atoms. The van der Waals surface area contributed by atoms with Gasteiger partial charge in [-0.25, -0.2) is 5.06 Å². The summed E-state index contributed by atoms with van der Waals surface area (Å²) >= 11 is 1.46. The minimum absolute atomic E-state index is 0.00867. The lowest BCUT2D eigenvalue weighted by Crippen LogP contribution is -2.32. The van der Waals surface area contributed by atoms with Crippen molar-refractivity contribution in [2.75, 3.05) is 18.7 Å². The Hall–Kier alpha value is -1.79. The van der Waals surface area contributed by atoms with Crippen LogP contribution in [0.5, 0.6) is 0 Å². The molecule has 0 aromatic heterocycles. The van der Waals surface area contributed by atoms with E-state index in [1.807, 2.05) is 18.4 Å². The highest BCUT2D eigenvalue weighted by molar-refractivity contribution is 7.98. The molecule has 1 aromatic rings. The zero-order valence-electron chi connectivity index (χ0n) is 17.8. The molecule has 0 bridgehead atoms. The number of hydrogen-bond acceptors (Lipinski definition) is 4. The van der Waals surface area contributed by atoms with Crippen molar-refractivity contribution in [1.29, 1.82) is 0 Å². The van der Waals surface area contributed by atoms with E-state index >= 15 is 0 Å². The lowest BCUT2D eigenvalue weighted by molar-refractivity contribution is -0.138. The third kappa shape index (κ3) is 11.7. The molecular weight excluding hydrogens is 386 g/mol. The average molecular weight is 422 g/mol. The van der Waals surface area contributed by atoms with Crippen LogP contribution < -0.4 is 0 Å². The lowest BCUT2D eigenvalue weighted by atomic mass is 10.1. The zero-order valence-corrected chi connectivity index (χ0v) is 18.6. The monoisotopic (exact) mass is 421 g/mol. The summed E-state index contributed by atoms with van der Waals surface area (Å²) in [6.07, 6.45) is 15.4. The van der Waals surface area contributed by atoms with Gasteiger partial charge in [0.05, 0.1) is 0 Å². The number of nitrogens with zero attached hydrogens (tertiary/aromatic N) is 1. The largest absolute Gasteiger partial charge is 0.481 e. The molecule has 162 valence electrons. The van der Waals surface area contributed by atoms with Crippen molar-refractivity contribution in [3.05, 3.63) is 41.5 Å². The van der Waals surface area contributed by atoms with Crippen molar-refractivity contribution in [3.63, 3.8) is 0 Å². The van der Waals surface area contributed by atoms with E-state index in [0.29, 0.717) is 17.9 Å². The predicted molar refractivity (Wildman–Crippen MR) is 121 cm³/mol. The molecule has 0 aliphatic carbocycles. The zero-order chi connectivity index (χ0) is 21.3. The Morgan fingerprint density at radius 2 is 1.76 bits per heavy atom. The molecule has 0 fully saturated rings. The Labute approximate surface area is 179 Å². The molecule has 0 aliphatic rings. The second kappa shape index (κ2) is 16.1. The van der Waals surface area contributed by atoms with Crippen molar-refractivity contribution >= 4 is 29.7 Å². The summed E-state index contributed by atoms with van der Waals surface area (Å²) in [7, 11) is 0. The highest BCUT2D eigenvalue weighted by atomic mass is 32.2. The minimum Gasteiger partial charge on any atom is -0.481 e. The van der Waals surface area contributed by atoms with Gasteiger partial charge in [0.25, 0.3) is 5.91 Å². The minimum atomic E-state index is -0.876. The SMILES string of the molecule is CCCCCCCC/C=C/c1ccc(C(=O)N(CCCC(=O)O)OCSC)cc1. The first-order valence-corrected chi connectivity index (χ1v) is 11.9. The summed E-state index contributed by atoms with van der Waals surface area (Å²) in [4.78, 5) is 28.9. The van der Waals surface area contributed by atoms with Crippen LogP contribution in [-0.4, -0.2) is 40.8 Å². The van der Waals surface area contributed by atoms with Crippen LogP contribution in [0.15, 0.2) is 30.3 Å². The molecule has 1 N–H and O–H groups in total. The lowest BCUT2D eigenvalue weighted by Gasteiger charge is -2.21. The van der Waals surface area contributed by atoms with Gasteiger partial charge in [-0.05, 0) is 43.2 Å². The number of benzene rings is 1. The Bertz CT molecular complexity index is 616. The maximum absolute atomic E-state index is 12.7. The number of carboxylic acid groups (broad SMARTS) is 1. The second-order valence-electron chi connectivity index (χ2n) is 7.02. The van der Waals surface area contributed by atoms with E-state index < -0.39 is 5.97 Å². The normalized spacial score (nSPS) is 11.1. The fraction of sp³-hybridized carbons (Fsp3) is 0.565. The maximum Gasteiger partial charge on any atom is 0.303 e. The Balaban J connectivity index is 2.50. The summed E-state index contributed by atoms with van der Waals surface area (Å²) in [6, 6.07) is 7.43. The number of aliphatic carboxylic acids is 1. The van der Waals surface area contributed by atoms with Crippen molar-refractivity contribution in [2.24, 2.45) is 0 Å². The average Bonchev–Trinajstić information content (AvgIpc) is 2.72. The van der Waals surface area contributed by atoms with Gasteiger partial charge >= 0.3 is 5.97 Å². The van der Waals surface area contributed by atoms with E-state index in [-0.39, 0.29) is 18.9 Å². The van der Waals surface area contributed by atoms with E-state index in [9.17, 15) is 9.59 Å². The molecule has 5 nitrogen and oxygen atoms in total. The first-order chi connectivity index (χ1) is 14.1. The van der Waals surface area contributed by atoms with E-state index in [4.69, 9.17) is 9.94 Å². The number of carbonyl (C=O) groups is 2. The van der Waals surface area contributed by atoms with Gasteiger partial charge in [0, 0.05) is 18.5 Å². The first-order valence-electron chi connectivity index (χ1n) is 10.5. The van der Waals surface area contributed by atoms with Gasteiger partial charge in [-0.2, -0.15) is 0 Å². The molecule has 1 rings (SSSR count). The molecule has 6 heteroatoms. The number of rotatable bonds is 16. The molecule has 0 heterocycles. The van der Waals surface area contributed by atoms with Crippen LogP contribution in [0, 0.1) is 0 Å². The Kier molecular flexibility index (Phi) is 14.0. The van der Waals surface area contributed by atoms with Gasteiger partial charge in [-0.1, -0.05) is 63.3 Å². The van der Waals surface area contributed by atoms with Gasteiger partial charge in [0.1, 0.15) is 5.94 Å². The van der Waals surface area contributed by atoms with Crippen LogP contribution >= 0.6 is 11.8 Å². The third-order valence-corrected chi connectivity index (χ3v) is 4.84. The summed E-state index contributed by atoms with van der Waals surface area (Å²) in [5.74, 6) is -0.774. The number of unbranched alkanes of at least 4 members (excludes halogenated alkanes) is 6. The highest BCUT2D eigenvalue weighted by Crippen LogP contribution is 2.13. The fourth-order valence-electron chi connectivity index (χ4n) is 2.86. The van der Waals surface area contributed by atoms with Gasteiger partial charge in [0.15, 0.2) is 0 Å². The van der Waals surface area contributed by atoms with Gasteiger partial charge in [-0.3, -0.25) is 14.4 Å². The summed E-state index contributed by atoms with van der Waals surface area (Å²) < 4.78 is 0. The van der Waals surface area contributed by atoms with Crippen LogP contribution in [-0.2, 0) is 9.63 Å². The van der Waals surface area contributed by atoms with E-state index in [1.165, 1.54) is 55.4 Å². The number of carbonyl (C=O) groups excluding carboxylic acids is 1. The fourth-order valence-corrected chi connectivity index (χ4v) is 3.09. The second-order valence-corrected chi connectivity index (χ2v) is 7.83. The number of hydrogen-bond donors (Lipinski definition) is 1. The molecule has 0 saturated heterocycles. The Morgan fingerprint density at radius 1 is 1.07 bits per heavy atom. The standard InChI is InChI=1S/C23H35NO4S/c1-3-4-5-6-7-8-9-10-12-20-14-16-21(17-15-20)23(27)24(28-19-29-2)18-11-13-22(25)26/h10,12,14-17H,3-9,11,13,18-19H2,1-2H3,(H,25,26)/b12-10+. The number of amides is 1. The summed E-state index contributed by atoms with van der Waals surface area (Å²) in [5.41, 5.74) is 1.60. The predicted octanol–water partition coefficient (Wildman–Crippen LogP) is 6.01. The van der Waals surface area contributed by atoms with E-state index in [2.05, 4.69) is 19.1 Å². The summed E-state index contributed by atoms with van der Waals surface area (Å²) in [5, 5.41) is 10.1. The van der Waals surface area contributed by atoms with Crippen molar-refractivity contribution in [2.45, 2.75) is 64.7 Å². The molecule has 0 atom stereocenters. The number of hydroxylamine groups is 2. The van der Waals surface area contributed by atoms with Crippen molar-refractivity contribution < 1.29 is 19.5 Å². The molecule has 1 amide bonds. The van der Waals surface area contributed by atoms with Gasteiger partial charge in [0.2, 0.25) is 0 Å².